The Morgan fingerprint density at radius 2 is 1.30 bits per heavy atom. The largest absolute Gasteiger partial charge is 2.00 e. The first kappa shape index (κ1) is 22.4. The summed E-state index contributed by atoms with van der Waals surface area (Å²) in [5, 5.41) is 0. The van der Waals surface area contributed by atoms with E-state index in [2.05, 4.69) is 27.6 Å². The average molecular weight is 301 g/mol. The van der Waals surface area contributed by atoms with Crippen molar-refractivity contribution in [2.24, 2.45) is 0 Å². The van der Waals surface area contributed by atoms with Crippen molar-refractivity contribution in [2.45, 2.75) is 0 Å². The van der Waals surface area contributed by atoms with E-state index >= 15 is 0 Å². The van der Waals surface area contributed by atoms with Crippen LogP contribution in [0.15, 0.2) is 6.33 Å². The van der Waals surface area contributed by atoms with Gasteiger partial charge in [0.15, 0.2) is 0 Å². The first-order chi connectivity index (χ1) is 3.00. The molecule has 0 radical (unpaired) electrons. The molecule has 0 fully saturated rings. The van der Waals surface area contributed by atoms with Crippen molar-refractivity contribution in [3.63, 3.8) is 0 Å². The van der Waals surface area contributed by atoms with Gasteiger partial charge in [-0.1, -0.05) is 0 Å². The van der Waals surface area contributed by atoms with Crippen molar-refractivity contribution in [3.05, 3.63) is 33.8 Å². The van der Waals surface area contributed by atoms with Crippen LogP contribution in [0.3, 0.4) is 0 Å². The Balaban J connectivity index is -0.0000000450. The third-order valence-electron chi connectivity index (χ3n) is 0.331. The molecule has 0 aliphatic rings. The molecule has 0 spiro atoms. The number of hydrogen-bond donors (Lipinski definition) is 0. The van der Waals surface area contributed by atoms with Crippen LogP contribution < -0.4 is 0 Å². The second-order valence-corrected chi connectivity index (χ2v) is 0.685. The molecule has 0 N–H and O–H groups in total. The van der Waals surface area contributed by atoms with E-state index in [1.54, 1.807) is 0 Å². The molecular formula is C5H7Mo2N3. The third kappa shape index (κ3) is 11.2. The maximum Gasteiger partial charge on any atom is 2.00 e. The zero-order valence-corrected chi connectivity index (χ0v) is 9.75. The van der Waals surface area contributed by atoms with E-state index < -0.39 is 0 Å². The number of aromatic nitrogens is 3. The van der Waals surface area contributed by atoms with Crippen LogP contribution in [0.5, 0.6) is 0 Å². The second-order valence-electron chi connectivity index (χ2n) is 0.685. The summed E-state index contributed by atoms with van der Waals surface area (Å²) in [6, 6.07) is 0. The molecule has 0 aliphatic heterocycles. The fourth-order valence-corrected chi connectivity index (χ4v) is 0.161. The monoisotopic (exact) mass is 305 g/mol. The summed E-state index contributed by atoms with van der Waals surface area (Å²) in [4.78, 5) is 10.1. The fraction of sp³-hybridized carbons (Fsp3) is 0. The summed E-state index contributed by atoms with van der Waals surface area (Å²) in [6.45, 7) is 0. The van der Waals surface area contributed by atoms with E-state index in [-0.39, 0.29) is 57.0 Å². The van der Waals surface area contributed by atoms with Crippen molar-refractivity contribution in [3.8, 4) is 0 Å². The fourth-order valence-electron chi connectivity index (χ4n) is 0.161. The maximum absolute atomic E-state index is 3.41. The van der Waals surface area contributed by atoms with Crippen LogP contribution in [-0.2, 0) is 42.1 Å². The number of hydrogen-bond acceptors (Lipinski definition) is 3. The molecule has 1 heterocycles. The molecule has 10 heavy (non-hydrogen) atoms. The predicted molar refractivity (Wildman–Crippen MR) is 30.3 cm³/mol. The van der Waals surface area contributed by atoms with Crippen molar-refractivity contribution >= 4 is 0 Å². The van der Waals surface area contributed by atoms with Crippen LogP contribution in [0.4, 0.5) is 0 Å². The SMILES string of the molecule is [CH3-].[CH3-].[Mo+2].[Mo+2].[c-]1n[c-]ncn1. The average Bonchev–Trinajstić information content (AvgIpc) is 1.72. The molecule has 0 amide bonds. The summed E-state index contributed by atoms with van der Waals surface area (Å²) in [5.41, 5.74) is 0. The molecule has 1 aromatic rings. The third-order valence-corrected chi connectivity index (χ3v) is 0.331. The molecule has 54 valence electrons. The topological polar surface area (TPSA) is 38.7 Å². The van der Waals surface area contributed by atoms with Crippen molar-refractivity contribution in [2.75, 3.05) is 0 Å². The van der Waals surface area contributed by atoms with Crippen LogP contribution in [0.1, 0.15) is 0 Å². The first-order valence-corrected chi connectivity index (χ1v) is 1.41. The molecule has 0 saturated carbocycles. The van der Waals surface area contributed by atoms with Crippen molar-refractivity contribution in [1.82, 2.24) is 15.0 Å². The van der Waals surface area contributed by atoms with Crippen LogP contribution in [-0.4, -0.2) is 15.0 Å². The molecule has 0 saturated heterocycles. The van der Waals surface area contributed by atoms with Gasteiger partial charge >= 0.3 is 42.1 Å². The molecule has 1 rings (SSSR count). The summed E-state index contributed by atoms with van der Waals surface area (Å²) in [6.07, 6.45) is 5.88. The molecular weight excluding hydrogens is 294 g/mol. The van der Waals surface area contributed by atoms with Crippen molar-refractivity contribution < 1.29 is 42.1 Å². The summed E-state index contributed by atoms with van der Waals surface area (Å²) in [5.74, 6) is 0. The Morgan fingerprint density at radius 3 is 1.40 bits per heavy atom. The number of nitrogens with zero attached hydrogens (tertiary/aromatic N) is 3. The standard InChI is InChI=1S/C3HN3.2CH3.2Mo/c1-4-2-6-3-5-1;;;;/h1H;2*1H3;;/q-2;2*-1;2*+2. The molecule has 0 aromatic carbocycles. The van der Waals surface area contributed by atoms with Crippen molar-refractivity contribution in [1.29, 1.82) is 0 Å². The van der Waals surface area contributed by atoms with Crippen LogP contribution in [0.2, 0.25) is 0 Å². The minimum Gasteiger partial charge on any atom is -0.505 e. The molecule has 3 nitrogen and oxygen atoms in total. The van der Waals surface area contributed by atoms with E-state index in [0.717, 1.165) is 0 Å². The van der Waals surface area contributed by atoms with Crippen LogP contribution >= 0.6 is 0 Å². The molecule has 0 aliphatic carbocycles. The second kappa shape index (κ2) is 16.2. The van der Waals surface area contributed by atoms with E-state index in [1.165, 1.54) is 6.33 Å². The van der Waals surface area contributed by atoms with E-state index in [9.17, 15) is 0 Å². The quantitative estimate of drug-likeness (QED) is 0.513. The van der Waals surface area contributed by atoms with Gasteiger partial charge in [-0.15, -0.1) is 6.33 Å². The van der Waals surface area contributed by atoms with E-state index in [4.69, 9.17) is 0 Å². The van der Waals surface area contributed by atoms with Gasteiger partial charge in [0.1, 0.15) is 0 Å². The van der Waals surface area contributed by atoms with Gasteiger partial charge in [0, 0.05) is 0 Å². The van der Waals surface area contributed by atoms with E-state index in [1.807, 2.05) is 0 Å². The Morgan fingerprint density at radius 1 is 0.900 bits per heavy atom. The Bertz CT molecular complexity index is 86.8. The molecule has 5 heteroatoms. The predicted octanol–water partition coefficient (Wildman–Crippen LogP) is 0.368. The van der Waals surface area contributed by atoms with E-state index in [0.29, 0.717) is 0 Å². The van der Waals surface area contributed by atoms with Gasteiger partial charge < -0.3 is 29.8 Å². The molecule has 0 unspecified atom stereocenters. The minimum absolute atomic E-state index is 0. The Kier molecular flexibility index (Phi) is 36.3. The first-order valence-electron chi connectivity index (χ1n) is 1.41. The number of rotatable bonds is 0. The van der Waals surface area contributed by atoms with Gasteiger partial charge in [0.05, 0.1) is 0 Å². The van der Waals surface area contributed by atoms with Gasteiger partial charge in [-0.05, 0) is 0 Å². The maximum atomic E-state index is 3.41. The summed E-state index contributed by atoms with van der Waals surface area (Å²) < 4.78 is 0. The molecule has 1 aromatic heterocycles. The molecule has 0 atom stereocenters. The Labute approximate surface area is 90.6 Å². The summed E-state index contributed by atoms with van der Waals surface area (Å²) in [7, 11) is 0. The van der Waals surface area contributed by atoms with Crippen LogP contribution in [0.25, 0.3) is 0 Å². The zero-order chi connectivity index (χ0) is 4.24. The van der Waals surface area contributed by atoms with Gasteiger partial charge in [0.25, 0.3) is 0 Å². The zero-order valence-electron chi connectivity index (χ0n) is 5.74. The normalized spacial score (nSPS) is 4.80. The minimum atomic E-state index is 0. The van der Waals surface area contributed by atoms with Gasteiger partial charge in [-0.3, -0.25) is 0 Å². The van der Waals surface area contributed by atoms with Gasteiger partial charge in [-0.2, -0.15) is 12.7 Å². The van der Waals surface area contributed by atoms with Gasteiger partial charge in [-0.25, -0.2) is 0 Å². The van der Waals surface area contributed by atoms with Crippen LogP contribution in [0, 0.1) is 27.5 Å². The summed E-state index contributed by atoms with van der Waals surface area (Å²) >= 11 is 0. The Hall–Kier alpha value is 0.387. The smallest absolute Gasteiger partial charge is 0.505 e. The molecule has 0 bridgehead atoms. The van der Waals surface area contributed by atoms with Gasteiger partial charge in [0.2, 0.25) is 0 Å².